The lowest BCUT2D eigenvalue weighted by Gasteiger charge is -2.19. The van der Waals surface area contributed by atoms with E-state index in [1.54, 1.807) is 20.8 Å². The van der Waals surface area contributed by atoms with E-state index < -0.39 is 16.6 Å². The number of rotatable bonds is 5. The fraction of sp³-hybridized carbons (Fsp3) is 0.267. The molecule has 2 N–H and O–H groups in total. The number of benzene rings is 1. The number of nitrogens with one attached hydrogen (secondary N) is 2. The van der Waals surface area contributed by atoms with Gasteiger partial charge in [-0.1, -0.05) is 0 Å². The van der Waals surface area contributed by atoms with Crippen molar-refractivity contribution in [1.82, 2.24) is 15.4 Å². The minimum Gasteiger partial charge on any atom is -0.443 e. The van der Waals surface area contributed by atoms with E-state index in [-0.39, 0.29) is 17.4 Å². The first-order chi connectivity index (χ1) is 11.7. The van der Waals surface area contributed by atoms with Gasteiger partial charge in [-0.05, 0) is 32.9 Å². The standard InChI is InChI=1S/C15H17N5O5/c1-15(2,3)25-14(21)19-18-12-8-13(17-9-16-12)24-11-6-4-10(5-7-11)20(22)23/h4-9H,1-3H3,(H,19,21)(H,16,17,18). The summed E-state index contributed by atoms with van der Waals surface area (Å²) in [6.07, 6.45) is 0.573. The van der Waals surface area contributed by atoms with E-state index in [0.29, 0.717) is 5.75 Å². The molecule has 1 aromatic carbocycles. The Labute approximate surface area is 143 Å². The van der Waals surface area contributed by atoms with E-state index in [2.05, 4.69) is 20.8 Å². The second-order valence-electron chi connectivity index (χ2n) is 5.85. The molecule has 0 saturated carbocycles. The average molecular weight is 347 g/mol. The molecule has 0 aliphatic carbocycles. The van der Waals surface area contributed by atoms with Gasteiger partial charge < -0.3 is 9.47 Å². The molecule has 0 saturated heterocycles. The molecule has 0 aliphatic rings. The SMILES string of the molecule is CC(C)(C)OC(=O)NNc1cc(Oc2ccc([N+](=O)[O-])cc2)ncn1. The van der Waals surface area contributed by atoms with Crippen LogP contribution in [-0.2, 0) is 4.74 Å². The van der Waals surface area contributed by atoms with Gasteiger partial charge in [0.1, 0.15) is 17.7 Å². The van der Waals surface area contributed by atoms with Gasteiger partial charge in [0.25, 0.3) is 5.69 Å². The molecule has 132 valence electrons. The highest BCUT2D eigenvalue weighted by molar-refractivity contribution is 5.69. The number of aromatic nitrogens is 2. The summed E-state index contributed by atoms with van der Waals surface area (Å²) in [5.41, 5.74) is 4.24. The molecule has 0 atom stereocenters. The van der Waals surface area contributed by atoms with Crippen molar-refractivity contribution in [3.8, 4) is 11.6 Å². The minimum atomic E-state index is -0.663. The molecular weight excluding hydrogens is 330 g/mol. The Balaban J connectivity index is 1.96. The minimum absolute atomic E-state index is 0.0426. The van der Waals surface area contributed by atoms with Crippen LogP contribution in [0.15, 0.2) is 36.7 Å². The van der Waals surface area contributed by atoms with Crippen LogP contribution in [0.5, 0.6) is 11.6 Å². The van der Waals surface area contributed by atoms with Gasteiger partial charge in [-0.25, -0.2) is 20.2 Å². The van der Waals surface area contributed by atoms with Crippen LogP contribution in [0.25, 0.3) is 0 Å². The number of nitro benzene ring substituents is 1. The fourth-order valence-electron chi connectivity index (χ4n) is 1.64. The molecule has 0 spiro atoms. The fourth-order valence-corrected chi connectivity index (χ4v) is 1.64. The van der Waals surface area contributed by atoms with E-state index in [1.165, 1.54) is 36.7 Å². The number of hydrogen-bond acceptors (Lipinski definition) is 8. The molecule has 0 fully saturated rings. The van der Waals surface area contributed by atoms with Crippen LogP contribution in [0, 0.1) is 10.1 Å². The summed E-state index contributed by atoms with van der Waals surface area (Å²) >= 11 is 0. The third kappa shape index (κ3) is 5.94. The highest BCUT2D eigenvalue weighted by Crippen LogP contribution is 2.23. The molecule has 2 aromatic rings. The van der Waals surface area contributed by atoms with Crippen molar-refractivity contribution in [1.29, 1.82) is 0 Å². The van der Waals surface area contributed by atoms with Crippen LogP contribution in [-0.4, -0.2) is 26.6 Å². The predicted octanol–water partition coefficient (Wildman–Crippen LogP) is 3.03. The molecule has 0 bridgehead atoms. The molecular formula is C15H17N5O5. The number of ether oxygens (including phenoxy) is 2. The van der Waals surface area contributed by atoms with Crippen molar-refractivity contribution in [2.45, 2.75) is 26.4 Å². The lowest BCUT2D eigenvalue weighted by atomic mass is 10.2. The van der Waals surface area contributed by atoms with Gasteiger partial charge >= 0.3 is 6.09 Å². The number of anilines is 1. The van der Waals surface area contributed by atoms with Crippen LogP contribution >= 0.6 is 0 Å². The lowest BCUT2D eigenvalue weighted by Crippen LogP contribution is -2.36. The molecule has 10 heteroatoms. The van der Waals surface area contributed by atoms with Crippen molar-refractivity contribution < 1.29 is 19.2 Å². The number of non-ortho nitro benzene ring substituents is 1. The van der Waals surface area contributed by atoms with Gasteiger partial charge in [-0.3, -0.25) is 15.5 Å². The van der Waals surface area contributed by atoms with Crippen molar-refractivity contribution in [2.24, 2.45) is 0 Å². The third-order valence-electron chi connectivity index (χ3n) is 2.60. The largest absolute Gasteiger partial charge is 0.443 e. The Bertz CT molecular complexity index is 758. The van der Waals surface area contributed by atoms with E-state index in [1.807, 2.05) is 0 Å². The lowest BCUT2D eigenvalue weighted by molar-refractivity contribution is -0.384. The number of carbonyl (C=O) groups is 1. The summed E-state index contributed by atoms with van der Waals surface area (Å²) in [6.45, 7) is 5.23. The number of carbonyl (C=O) groups excluding carboxylic acids is 1. The monoisotopic (exact) mass is 347 g/mol. The summed E-state index contributed by atoms with van der Waals surface area (Å²) < 4.78 is 10.6. The highest BCUT2D eigenvalue weighted by atomic mass is 16.6. The second kappa shape index (κ2) is 7.43. The molecule has 0 aliphatic heterocycles. The van der Waals surface area contributed by atoms with Gasteiger partial charge in [-0.2, -0.15) is 0 Å². The Morgan fingerprint density at radius 2 is 1.88 bits per heavy atom. The molecule has 1 amide bonds. The van der Waals surface area contributed by atoms with Crippen LogP contribution in [0.3, 0.4) is 0 Å². The number of hydrazine groups is 1. The quantitative estimate of drug-likeness (QED) is 0.624. The van der Waals surface area contributed by atoms with Crippen LogP contribution in [0.1, 0.15) is 20.8 Å². The summed E-state index contributed by atoms with van der Waals surface area (Å²) in [4.78, 5) is 29.5. The van der Waals surface area contributed by atoms with Crippen molar-refractivity contribution in [2.75, 3.05) is 5.43 Å². The smallest absolute Gasteiger partial charge is 0.426 e. The molecule has 10 nitrogen and oxygen atoms in total. The van der Waals surface area contributed by atoms with Crippen molar-refractivity contribution >= 4 is 17.6 Å². The Morgan fingerprint density at radius 3 is 2.48 bits per heavy atom. The Hall–Kier alpha value is -3.43. The summed E-state index contributed by atoms with van der Waals surface area (Å²) in [5.74, 6) is 0.838. The predicted molar refractivity (Wildman–Crippen MR) is 88.2 cm³/mol. The molecule has 2 rings (SSSR count). The normalized spacial score (nSPS) is 10.7. The maximum atomic E-state index is 11.6. The van der Waals surface area contributed by atoms with E-state index in [9.17, 15) is 14.9 Å². The number of amides is 1. The topological polar surface area (TPSA) is 129 Å². The molecule has 25 heavy (non-hydrogen) atoms. The van der Waals surface area contributed by atoms with Gasteiger partial charge in [0.15, 0.2) is 5.82 Å². The zero-order chi connectivity index (χ0) is 18.4. The number of nitro groups is 1. The van der Waals surface area contributed by atoms with Crippen molar-refractivity contribution in [3.63, 3.8) is 0 Å². The van der Waals surface area contributed by atoms with Crippen molar-refractivity contribution in [3.05, 3.63) is 46.8 Å². The molecule has 1 aromatic heterocycles. The molecule has 0 unspecified atom stereocenters. The zero-order valence-electron chi connectivity index (χ0n) is 13.8. The molecule has 1 heterocycles. The van der Waals surface area contributed by atoms with E-state index in [4.69, 9.17) is 9.47 Å². The Morgan fingerprint density at radius 1 is 1.20 bits per heavy atom. The number of nitrogens with zero attached hydrogens (tertiary/aromatic N) is 3. The third-order valence-corrected chi connectivity index (χ3v) is 2.60. The van der Waals surface area contributed by atoms with E-state index in [0.717, 1.165) is 0 Å². The Kier molecular flexibility index (Phi) is 5.32. The average Bonchev–Trinajstić information content (AvgIpc) is 2.52. The number of hydrogen-bond donors (Lipinski definition) is 2. The first-order valence-corrected chi connectivity index (χ1v) is 7.22. The zero-order valence-corrected chi connectivity index (χ0v) is 13.8. The first kappa shape index (κ1) is 17.9. The summed E-state index contributed by atoms with van der Waals surface area (Å²) in [5, 5.41) is 10.6. The summed E-state index contributed by atoms with van der Waals surface area (Å²) in [7, 11) is 0. The molecule has 0 radical (unpaired) electrons. The van der Waals surface area contributed by atoms with Crippen LogP contribution < -0.4 is 15.6 Å². The maximum absolute atomic E-state index is 11.6. The van der Waals surface area contributed by atoms with E-state index >= 15 is 0 Å². The van der Waals surface area contributed by atoms with Gasteiger partial charge in [0.2, 0.25) is 5.88 Å². The first-order valence-electron chi connectivity index (χ1n) is 7.22. The van der Waals surface area contributed by atoms with Crippen LogP contribution in [0.4, 0.5) is 16.3 Å². The maximum Gasteiger partial charge on any atom is 0.426 e. The van der Waals surface area contributed by atoms with Crippen LogP contribution in [0.2, 0.25) is 0 Å². The van der Waals surface area contributed by atoms with Gasteiger partial charge in [-0.15, -0.1) is 0 Å². The second-order valence-corrected chi connectivity index (χ2v) is 5.85. The van der Waals surface area contributed by atoms with Gasteiger partial charge in [0, 0.05) is 18.2 Å². The summed E-state index contributed by atoms with van der Waals surface area (Å²) in [6, 6.07) is 6.98. The van der Waals surface area contributed by atoms with Gasteiger partial charge in [0.05, 0.1) is 4.92 Å². The highest BCUT2D eigenvalue weighted by Gasteiger charge is 2.16.